The number of hydrogen-bond acceptors (Lipinski definition) is 7. The summed E-state index contributed by atoms with van der Waals surface area (Å²) in [7, 11) is 1.58. The quantitative estimate of drug-likeness (QED) is 0.690. The lowest BCUT2D eigenvalue weighted by Crippen LogP contribution is -2.09. The molecule has 0 saturated heterocycles. The lowest BCUT2D eigenvalue weighted by Gasteiger charge is -2.11. The van der Waals surface area contributed by atoms with E-state index in [1.165, 1.54) is 0 Å². The third-order valence-electron chi connectivity index (χ3n) is 2.69. The molecule has 0 bridgehead atoms. The third kappa shape index (κ3) is 4.24. The summed E-state index contributed by atoms with van der Waals surface area (Å²) in [6.07, 6.45) is 1.62. The van der Waals surface area contributed by atoms with Crippen molar-refractivity contribution >= 4 is 0 Å². The molecule has 0 aliphatic carbocycles. The van der Waals surface area contributed by atoms with Crippen LogP contribution in [-0.4, -0.2) is 35.4 Å². The largest absolute Gasteiger partial charge is 0.481 e. The van der Waals surface area contributed by atoms with E-state index in [2.05, 4.69) is 15.1 Å². The van der Waals surface area contributed by atoms with Crippen LogP contribution in [0.4, 0.5) is 0 Å². The van der Waals surface area contributed by atoms with Crippen molar-refractivity contribution in [3.63, 3.8) is 0 Å². The van der Waals surface area contributed by atoms with E-state index >= 15 is 0 Å². The van der Waals surface area contributed by atoms with Gasteiger partial charge in [-0.05, 0) is 19.4 Å². The van der Waals surface area contributed by atoms with Crippen LogP contribution >= 0.6 is 0 Å². The minimum absolute atomic E-state index is 0.329. The second kappa shape index (κ2) is 7.70. The van der Waals surface area contributed by atoms with Crippen molar-refractivity contribution in [3.8, 4) is 5.88 Å². The van der Waals surface area contributed by atoms with Gasteiger partial charge in [-0.3, -0.25) is 0 Å². The van der Waals surface area contributed by atoms with Gasteiger partial charge in [-0.2, -0.15) is 4.98 Å². The second-order valence-corrected chi connectivity index (χ2v) is 4.18. The first-order valence-electron chi connectivity index (χ1n) is 6.81. The third-order valence-corrected chi connectivity index (χ3v) is 2.69. The number of pyridine rings is 1. The number of methoxy groups -OCH3 is 1. The van der Waals surface area contributed by atoms with Crippen LogP contribution < -0.4 is 4.74 Å². The molecule has 0 aliphatic heterocycles. The van der Waals surface area contributed by atoms with Gasteiger partial charge in [0.05, 0.1) is 7.11 Å². The average Bonchev–Trinajstić information content (AvgIpc) is 2.96. The van der Waals surface area contributed by atoms with Gasteiger partial charge in [0.1, 0.15) is 0 Å². The molecule has 2 aromatic heterocycles. The average molecular weight is 293 g/mol. The fourth-order valence-corrected chi connectivity index (χ4v) is 1.75. The smallest absolute Gasteiger partial charge is 0.283 e. The fourth-order valence-electron chi connectivity index (χ4n) is 1.75. The molecule has 0 unspecified atom stereocenters. The molecule has 21 heavy (non-hydrogen) atoms. The molecule has 7 nitrogen and oxygen atoms in total. The van der Waals surface area contributed by atoms with Crippen LogP contribution in [0.3, 0.4) is 0 Å². The van der Waals surface area contributed by atoms with Crippen LogP contribution in [-0.2, 0) is 15.9 Å². The monoisotopic (exact) mass is 293 g/mol. The molecular weight excluding hydrogens is 274 g/mol. The zero-order valence-electron chi connectivity index (χ0n) is 12.4. The molecule has 0 amide bonds. The fraction of sp³-hybridized carbons (Fsp3) is 0.500. The first-order valence-corrected chi connectivity index (χ1v) is 6.81. The maximum absolute atomic E-state index is 5.41. The molecule has 0 saturated carbocycles. The Labute approximate surface area is 123 Å². The van der Waals surface area contributed by atoms with Crippen molar-refractivity contribution in [2.24, 2.45) is 0 Å². The normalized spacial score (nSPS) is 11.0. The highest BCUT2D eigenvalue weighted by Crippen LogP contribution is 2.18. The Hall–Kier alpha value is -1.99. The zero-order valence-corrected chi connectivity index (χ0v) is 12.4. The molecule has 2 aromatic rings. The molecule has 114 valence electrons. The van der Waals surface area contributed by atoms with Gasteiger partial charge in [0.2, 0.25) is 12.2 Å². The van der Waals surface area contributed by atoms with Crippen LogP contribution in [0.15, 0.2) is 22.9 Å². The van der Waals surface area contributed by atoms with E-state index in [0.717, 1.165) is 5.56 Å². The predicted octanol–water partition coefficient (Wildman–Crippen LogP) is 2.14. The number of aromatic nitrogens is 3. The van der Waals surface area contributed by atoms with Gasteiger partial charge in [-0.25, -0.2) is 4.98 Å². The van der Waals surface area contributed by atoms with Crippen LogP contribution in [0, 0.1) is 0 Å². The SMILES string of the molecule is CCOC(OCC)c1nc(Cc2ccc(OC)nc2)no1. The van der Waals surface area contributed by atoms with Crippen LogP contribution in [0.1, 0.15) is 37.4 Å². The summed E-state index contributed by atoms with van der Waals surface area (Å²) in [5, 5.41) is 3.93. The molecule has 0 fully saturated rings. The Balaban J connectivity index is 2.04. The molecule has 0 aliphatic rings. The van der Waals surface area contributed by atoms with Crippen molar-refractivity contribution in [2.45, 2.75) is 26.6 Å². The van der Waals surface area contributed by atoms with Crippen molar-refractivity contribution < 1.29 is 18.7 Å². The summed E-state index contributed by atoms with van der Waals surface area (Å²) in [4.78, 5) is 8.44. The Kier molecular flexibility index (Phi) is 5.65. The Bertz CT molecular complexity index is 535. The molecule has 2 heterocycles. The van der Waals surface area contributed by atoms with Crippen molar-refractivity contribution in [1.29, 1.82) is 0 Å². The van der Waals surface area contributed by atoms with Gasteiger partial charge >= 0.3 is 0 Å². The van der Waals surface area contributed by atoms with E-state index < -0.39 is 6.29 Å². The summed E-state index contributed by atoms with van der Waals surface area (Å²) >= 11 is 0. The van der Waals surface area contributed by atoms with Crippen LogP contribution in [0.2, 0.25) is 0 Å². The first-order chi connectivity index (χ1) is 10.3. The highest BCUT2D eigenvalue weighted by atomic mass is 16.7. The lowest BCUT2D eigenvalue weighted by atomic mass is 10.2. The second-order valence-electron chi connectivity index (χ2n) is 4.18. The molecular formula is C14H19N3O4. The van der Waals surface area contributed by atoms with E-state index in [0.29, 0.717) is 37.2 Å². The molecule has 2 rings (SSSR count). The van der Waals surface area contributed by atoms with E-state index in [1.807, 2.05) is 19.9 Å². The van der Waals surface area contributed by atoms with Crippen LogP contribution in [0.25, 0.3) is 0 Å². The van der Waals surface area contributed by atoms with Crippen molar-refractivity contribution in [3.05, 3.63) is 35.6 Å². The number of hydrogen-bond donors (Lipinski definition) is 0. The van der Waals surface area contributed by atoms with Gasteiger partial charge in [0.25, 0.3) is 5.89 Å². The summed E-state index contributed by atoms with van der Waals surface area (Å²) in [5.41, 5.74) is 0.965. The van der Waals surface area contributed by atoms with Gasteiger partial charge in [0.15, 0.2) is 5.82 Å². The summed E-state index contributed by atoms with van der Waals surface area (Å²) in [5.74, 6) is 1.46. The Morgan fingerprint density at radius 2 is 1.95 bits per heavy atom. The van der Waals surface area contributed by atoms with Crippen molar-refractivity contribution in [1.82, 2.24) is 15.1 Å². The summed E-state index contributed by atoms with van der Waals surface area (Å²) in [6, 6.07) is 3.70. The molecule has 0 radical (unpaired) electrons. The Morgan fingerprint density at radius 1 is 1.19 bits per heavy atom. The van der Waals surface area contributed by atoms with Crippen molar-refractivity contribution in [2.75, 3.05) is 20.3 Å². The summed E-state index contributed by atoms with van der Waals surface area (Å²) in [6.45, 7) is 4.77. The first kappa shape index (κ1) is 15.4. The minimum atomic E-state index is -0.616. The standard InChI is InChI=1S/C14H19N3O4/c1-4-19-14(20-5-2)13-16-11(17-21-13)8-10-6-7-12(18-3)15-9-10/h6-7,9,14H,4-5,8H2,1-3H3. The lowest BCUT2D eigenvalue weighted by molar-refractivity contribution is -0.155. The van der Waals surface area contributed by atoms with Gasteiger partial charge < -0.3 is 18.7 Å². The number of ether oxygens (including phenoxy) is 3. The van der Waals surface area contributed by atoms with Gasteiger partial charge in [-0.15, -0.1) is 0 Å². The maximum Gasteiger partial charge on any atom is 0.283 e. The molecule has 7 heteroatoms. The maximum atomic E-state index is 5.41. The van der Waals surface area contributed by atoms with Gasteiger partial charge in [0, 0.05) is 31.9 Å². The Morgan fingerprint density at radius 3 is 2.52 bits per heavy atom. The van der Waals surface area contributed by atoms with E-state index in [9.17, 15) is 0 Å². The molecule has 0 atom stereocenters. The van der Waals surface area contributed by atoms with Crippen LogP contribution in [0.5, 0.6) is 5.88 Å². The van der Waals surface area contributed by atoms with Gasteiger partial charge in [-0.1, -0.05) is 11.2 Å². The summed E-state index contributed by atoms with van der Waals surface area (Å²) < 4.78 is 21.0. The topological polar surface area (TPSA) is 79.5 Å². The number of rotatable bonds is 8. The molecule has 0 N–H and O–H groups in total. The van der Waals surface area contributed by atoms with E-state index in [4.69, 9.17) is 18.7 Å². The highest BCUT2D eigenvalue weighted by Gasteiger charge is 2.19. The zero-order chi connectivity index (χ0) is 15.1. The predicted molar refractivity (Wildman–Crippen MR) is 73.9 cm³/mol. The highest BCUT2D eigenvalue weighted by molar-refractivity contribution is 5.20. The molecule has 0 spiro atoms. The van der Waals surface area contributed by atoms with E-state index in [-0.39, 0.29) is 0 Å². The number of nitrogens with zero attached hydrogens (tertiary/aromatic N) is 3. The molecule has 0 aromatic carbocycles. The minimum Gasteiger partial charge on any atom is -0.481 e. The van der Waals surface area contributed by atoms with E-state index in [1.54, 1.807) is 19.4 Å².